The van der Waals surface area contributed by atoms with Gasteiger partial charge in [0.15, 0.2) is 0 Å². The number of benzene rings is 2. The van der Waals surface area contributed by atoms with Crippen molar-refractivity contribution in [3.05, 3.63) is 72.3 Å². The van der Waals surface area contributed by atoms with Crippen LogP contribution in [0.5, 0.6) is 0 Å². The van der Waals surface area contributed by atoms with Gasteiger partial charge in [-0.2, -0.15) is 13.2 Å². The third kappa shape index (κ3) is 4.05. The second kappa shape index (κ2) is 7.20. The maximum Gasteiger partial charge on any atom is 0.416 e. The summed E-state index contributed by atoms with van der Waals surface area (Å²) in [5.41, 5.74) is -1.47. The van der Waals surface area contributed by atoms with Gasteiger partial charge in [0.1, 0.15) is 0 Å². The molecular formula is C17H14F3NO4S. The van der Waals surface area contributed by atoms with E-state index in [4.69, 9.17) is 5.11 Å². The van der Waals surface area contributed by atoms with Crippen LogP contribution in [0, 0.1) is 0 Å². The van der Waals surface area contributed by atoms with E-state index in [1.807, 2.05) is 0 Å². The predicted molar refractivity (Wildman–Crippen MR) is 89.6 cm³/mol. The molecule has 0 aliphatic heterocycles. The van der Waals surface area contributed by atoms with Gasteiger partial charge in [0, 0.05) is 0 Å². The molecule has 0 saturated heterocycles. The van der Waals surface area contributed by atoms with Gasteiger partial charge < -0.3 is 5.11 Å². The minimum absolute atomic E-state index is 0.208. The number of anilines is 1. The fraction of sp³-hybridized carbons (Fsp3) is 0.118. The van der Waals surface area contributed by atoms with Crippen LogP contribution in [0.15, 0.2) is 66.1 Å². The van der Waals surface area contributed by atoms with E-state index in [1.165, 1.54) is 30.3 Å². The Labute approximate surface area is 148 Å². The molecule has 0 aliphatic carbocycles. The van der Waals surface area contributed by atoms with Gasteiger partial charge in [-0.25, -0.2) is 13.2 Å². The molecule has 2 aromatic carbocycles. The lowest BCUT2D eigenvalue weighted by atomic mass is 10.2. The molecular weight excluding hydrogens is 371 g/mol. The van der Waals surface area contributed by atoms with E-state index < -0.39 is 27.7 Å². The molecule has 2 aromatic rings. The fourth-order valence-electron chi connectivity index (χ4n) is 2.21. The van der Waals surface area contributed by atoms with Gasteiger partial charge in [-0.05, 0) is 36.4 Å². The van der Waals surface area contributed by atoms with Crippen LogP contribution in [0.3, 0.4) is 0 Å². The number of carboxylic acids is 1. The zero-order valence-electron chi connectivity index (χ0n) is 13.3. The fourth-order valence-corrected chi connectivity index (χ4v) is 3.69. The first kappa shape index (κ1) is 19.5. The van der Waals surface area contributed by atoms with E-state index in [0.29, 0.717) is 6.07 Å². The summed E-state index contributed by atoms with van der Waals surface area (Å²) in [4.78, 5) is 10.7. The van der Waals surface area contributed by atoms with Crippen LogP contribution in [-0.4, -0.2) is 26.0 Å². The second-order valence-electron chi connectivity index (χ2n) is 5.21. The van der Waals surface area contributed by atoms with Crippen molar-refractivity contribution < 1.29 is 31.5 Å². The predicted octanol–water partition coefficient (Wildman–Crippen LogP) is 3.78. The van der Waals surface area contributed by atoms with Crippen LogP contribution < -0.4 is 4.31 Å². The van der Waals surface area contributed by atoms with Crippen LogP contribution in [0.1, 0.15) is 15.9 Å². The third-order valence-electron chi connectivity index (χ3n) is 3.43. The highest BCUT2D eigenvalue weighted by Gasteiger charge is 2.32. The molecule has 1 N–H and O–H groups in total. The van der Waals surface area contributed by atoms with Gasteiger partial charge in [0.2, 0.25) is 0 Å². The van der Waals surface area contributed by atoms with Crippen molar-refractivity contribution in [3.8, 4) is 0 Å². The van der Waals surface area contributed by atoms with Crippen molar-refractivity contribution in [1.82, 2.24) is 0 Å². The number of rotatable bonds is 6. The number of carboxylic acid groups (broad SMARTS) is 1. The van der Waals surface area contributed by atoms with Crippen LogP contribution in [0.2, 0.25) is 0 Å². The molecule has 0 aromatic heterocycles. The maximum atomic E-state index is 12.9. The Morgan fingerprint density at radius 3 is 2.38 bits per heavy atom. The normalized spacial score (nSPS) is 11.8. The van der Waals surface area contributed by atoms with Crippen molar-refractivity contribution >= 4 is 21.7 Å². The summed E-state index contributed by atoms with van der Waals surface area (Å²) in [6.07, 6.45) is -3.41. The molecule has 0 bridgehead atoms. The van der Waals surface area contributed by atoms with Crippen LogP contribution >= 0.6 is 0 Å². The molecule has 138 valence electrons. The van der Waals surface area contributed by atoms with Gasteiger partial charge in [0.25, 0.3) is 10.0 Å². The smallest absolute Gasteiger partial charge is 0.416 e. The van der Waals surface area contributed by atoms with Crippen LogP contribution in [0.25, 0.3) is 0 Å². The van der Waals surface area contributed by atoms with E-state index in [0.717, 1.165) is 22.5 Å². The number of halogens is 3. The molecule has 0 aliphatic rings. The zero-order valence-corrected chi connectivity index (χ0v) is 14.1. The largest absolute Gasteiger partial charge is 0.478 e. The Balaban J connectivity index is 2.58. The van der Waals surface area contributed by atoms with Crippen molar-refractivity contribution in [2.75, 3.05) is 10.8 Å². The van der Waals surface area contributed by atoms with Crippen molar-refractivity contribution in [2.45, 2.75) is 11.1 Å². The second-order valence-corrected chi connectivity index (χ2v) is 7.07. The average molecular weight is 385 g/mol. The zero-order chi connectivity index (χ0) is 19.5. The number of carbonyl (C=O) groups is 1. The summed E-state index contributed by atoms with van der Waals surface area (Å²) in [5.74, 6) is -1.32. The third-order valence-corrected chi connectivity index (χ3v) is 5.22. The lowest BCUT2D eigenvalue weighted by Crippen LogP contribution is -2.31. The van der Waals surface area contributed by atoms with Crippen LogP contribution in [-0.2, 0) is 16.2 Å². The van der Waals surface area contributed by atoms with Gasteiger partial charge in [-0.1, -0.05) is 18.2 Å². The number of aromatic carboxylic acids is 1. The SMILES string of the molecule is C=CCN(c1cccc(C(F)(F)F)c1)S(=O)(=O)c1cccc(C(=O)O)c1. The lowest BCUT2D eigenvalue weighted by molar-refractivity contribution is -0.137. The van der Waals surface area contributed by atoms with E-state index in [2.05, 4.69) is 6.58 Å². The standard InChI is InChI=1S/C17H14F3NO4S/c1-2-9-21(14-7-4-6-13(11-14)17(18,19)20)26(24,25)15-8-3-5-12(10-15)16(22)23/h2-8,10-11H,1,9H2,(H,22,23). The Morgan fingerprint density at radius 2 is 1.81 bits per heavy atom. The molecule has 0 amide bonds. The van der Waals surface area contributed by atoms with E-state index in [-0.39, 0.29) is 22.7 Å². The number of hydrogen-bond donors (Lipinski definition) is 1. The van der Waals surface area contributed by atoms with Crippen molar-refractivity contribution in [3.63, 3.8) is 0 Å². The monoisotopic (exact) mass is 385 g/mol. The highest BCUT2D eigenvalue weighted by atomic mass is 32.2. The van der Waals surface area contributed by atoms with Crippen molar-refractivity contribution in [1.29, 1.82) is 0 Å². The first-order valence-electron chi connectivity index (χ1n) is 7.21. The molecule has 0 unspecified atom stereocenters. The van der Waals surface area contributed by atoms with Gasteiger partial charge >= 0.3 is 12.1 Å². The van der Waals surface area contributed by atoms with Gasteiger partial charge in [0.05, 0.1) is 28.3 Å². The van der Waals surface area contributed by atoms with Gasteiger partial charge in [-0.15, -0.1) is 6.58 Å². The first-order valence-corrected chi connectivity index (χ1v) is 8.65. The summed E-state index contributed by atoms with van der Waals surface area (Å²) < 4.78 is 65.2. The highest BCUT2D eigenvalue weighted by molar-refractivity contribution is 7.92. The Kier molecular flexibility index (Phi) is 5.41. The topological polar surface area (TPSA) is 74.7 Å². The quantitative estimate of drug-likeness (QED) is 0.768. The van der Waals surface area contributed by atoms with Crippen LogP contribution in [0.4, 0.5) is 18.9 Å². The molecule has 0 fully saturated rings. The Hall–Kier alpha value is -2.81. The minimum Gasteiger partial charge on any atom is -0.478 e. The number of alkyl halides is 3. The number of sulfonamides is 1. The average Bonchev–Trinajstić information content (AvgIpc) is 2.59. The summed E-state index contributed by atoms with van der Waals surface area (Å²) >= 11 is 0. The lowest BCUT2D eigenvalue weighted by Gasteiger charge is -2.24. The van der Waals surface area contributed by atoms with E-state index in [9.17, 15) is 26.4 Å². The molecule has 0 saturated carbocycles. The highest BCUT2D eigenvalue weighted by Crippen LogP contribution is 2.33. The number of nitrogens with zero attached hydrogens (tertiary/aromatic N) is 1. The number of hydrogen-bond acceptors (Lipinski definition) is 3. The van der Waals surface area contributed by atoms with Gasteiger partial charge in [-0.3, -0.25) is 4.31 Å². The molecule has 5 nitrogen and oxygen atoms in total. The molecule has 0 atom stereocenters. The minimum atomic E-state index is -4.64. The molecule has 0 radical (unpaired) electrons. The summed E-state index contributed by atoms with van der Waals surface area (Å²) in [6.45, 7) is 3.14. The molecule has 26 heavy (non-hydrogen) atoms. The maximum absolute atomic E-state index is 12.9. The molecule has 0 spiro atoms. The van der Waals surface area contributed by atoms with E-state index in [1.54, 1.807) is 0 Å². The first-order chi connectivity index (χ1) is 12.1. The summed E-state index contributed by atoms with van der Waals surface area (Å²) in [5, 5.41) is 9.01. The van der Waals surface area contributed by atoms with Crippen molar-refractivity contribution in [2.24, 2.45) is 0 Å². The molecule has 2 rings (SSSR count). The molecule has 9 heteroatoms. The Bertz CT molecular complexity index is 939. The Morgan fingerprint density at radius 1 is 1.15 bits per heavy atom. The molecule has 0 heterocycles. The summed E-state index contributed by atoms with van der Waals surface area (Å²) in [7, 11) is -4.30. The van der Waals surface area contributed by atoms with E-state index >= 15 is 0 Å². The summed E-state index contributed by atoms with van der Waals surface area (Å²) in [6, 6.07) is 8.43.